The number of carbonyl (C=O) groups is 8. The second kappa shape index (κ2) is 42.7. The largest absolute Gasteiger partial charge is 0.480 e. The molecule has 0 radical (unpaired) electrons. The van der Waals surface area contributed by atoms with Crippen LogP contribution in [0.2, 0.25) is 4.24 Å². The van der Waals surface area contributed by atoms with E-state index >= 15 is 0 Å². The Labute approximate surface area is 433 Å². The SMILES string of the molecule is [2H]C([2H])(C(C)C)[C@@]([2H])(C)NC(C)=O.[2H]C([2H])([2H])C(C)C([2H])([2H])[C@]([2H])(NC(C)=O)C(=O)O.[2H]C([2H])([2H])C(C)C[C@H](NC(C)=O)C(=O)O.[2H]N(C(C)=O)[C@]([2H])(C)C([2H])([2H])C(C)C.[2H]N(C(C)=O)[C@]([2H])(C)C([2H])([2H])C(C)C([2H])([2H])[2H].[2H]N(C(C)=O)[C@]([2H])(C)C([2H])([2H])C([2H])(C)C([2H])([2H])[2H]. The van der Waals surface area contributed by atoms with E-state index in [4.69, 9.17) is 52.8 Å². The van der Waals surface area contributed by atoms with Crippen molar-refractivity contribution in [3.05, 3.63) is 0 Å². The number of rotatable bonds is 20. The normalized spacial score (nSPS) is 26.7. The number of carboxylic acid groups (broad SMARTS) is 2. The maximum absolute atomic E-state index is 11.1. The summed E-state index contributed by atoms with van der Waals surface area (Å²) in [7, 11) is 0. The lowest BCUT2D eigenvalue weighted by Crippen LogP contribution is -2.40. The third-order valence-electron chi connectivity index (χ3n) is 5.28. The van der Waals surface area contributed by atoms with Gasteiger partial charge in [0.15, 0.2) is 4.24 Å². The summed E-state index contributed by atoms with van der Waals surface area (Å²) in [6.07, 6.45) is -12.2. The molecular weight excluding hydrogens is 821 g/mol. The first-order valence-electron chi connectivity index (χ1n) is 35.0. The van der Waals surface area contributed by atoms with Gasteiger partial charge in [-0.25, -0.2) is 9.59 Å². The number of aliphatic carboxylic acids is 2. The van der Waals surface area contributed by atoms with Gasteiger partial charge in [-0.2, -0.15) is 0 Å². The van der Waals surface area contributed by atoms with E-state index in [0.29, 0.717) is 5.31 Å². The van der Waals surface area contributed by atoms with Crippen molar-refractivity contribution in [3.8, 4) is 0 Å². The predicted octanol–water partition coefficient (Wildman–Crippen LogP) is 7.47. The molecule has 6 amide bonds. The van der Waals surface area contributed by atoms with Crippen molar-refractivity contribution >= 4 is 47.4 Å². The van der Waals surface area contributed by atoms with Gasteiger partial charge in [0.25, 0.3) is 0 Å². The fraction of sp³-hybridized carbons (Fsp3) is 0.833. The number of nitrogens with one attached hydrogen (secondary N) is 6. The third-order valence-corrected chi connectivity index (χ3v) is 5.28. The molecule has 10 atom stereocenters. The average Bonchev–Trinajstić information content (AvgIpc) is 0.748. The van der Waals surface area contributed by atoms with Crippen molar-refractivity contribution < 1.29 is 91.2 Å². The second-order valence-electron chi connectivity index (χ2n) is 14.1. The van der Waals surface area contributed by atoms with Crippen molar-refractivity contribution in [2.45, 2.75) is 226 Å². The maximum atomic E-state index is 11.1. The molecule has 0 heterocycles. The highest BCUT2D eigenvalue weighted by atomic mass is 16.4. The highest BCUT2D eigenvalue weighted by Crippen LogP contribution is 2.07. The molecule has 0 aliphatic carbocycles. The summed E-state index contributed by atoms with van der Waals surface area (Å²) in [4.78, 5) is 87.0. The molecule has 380 valence electrons. The number of carboxylic acids is 2. The van der Waals surface area contributed by atoms with Gasteiger partial charge in [0, 0.05) is 97.1 Å². The molecule has 0 aromatic carbocycles. The Morgan fingerprint density at radius 2 is 0.781 bits per heavy atom. The van der Waals surface area contributed by atoms with Crippen molar-refractivity contribution in [1.29, 1.82) is 0 Å². The van der Waals surface area contributed by atoms with Crippen LogP contribution < -0.4 is 31.9 Å². The van der Waals surface area contributed by atoms with Gasteiger partial charge in [0.05, 0.1) is 6.85 Å². The summed E-state index contributed by atoms with van der Waals surface area (Å²) in [5, 5.41) is 24.4. The Bertz CT molecular complexity index is 2540. The number of hydrogen-bond donors (Lipinski definition) is 8. The molecular formula is C48H98N6O10. The van der Waals surface area contributed by atoms with Gasteiger partial charge in [-0.1, -0.05) is 82.8 Å². The Balaban J connectivity index is -0.000000251. The maximum Gasteiger partial charge on any atom is 0.326 e. The van der Waals surface area contributed by atoms with Gasteiger partial charge >= 0.3 is 11.9 Å². The fourth-order valence-electron chi connectivity index (χ4n) is 3.90. The summed E-state index contributed by atoms with van der Waals surface area (Å²) < 4.78 is 231. The molecule has 0 fully saturated rings. The highest BCUT2D eigenvalue weighted by Gasteiger charge is 2.20. The number of amides is 6. The van der Waals surface area contributed by atoms with Gasteiger partial charge in [-0.15, -0.1) is 0 Å². The zero-order valence-corrected chi connectivity index (χ0v) is 40.7. The fourth-order valence-corrected chi connectivity index (χ4v) is 3.90. The molecule has 0 saturated heterocycles. The quantitative estimate of drug-likeness (QED) is 0.0598. The molecule has 0 rings (SSSR count). The second-order valence-corrected chi connectivity index (χ2v) is 14.1. The molecule has 8 N–H and O–H groups in total. The Hall–Kier alpha value is -4.24. The summed E-state index contributed by atoms with van der Waals surface area (Å²) in [6, 6.07) is -12.4. The summed E-state index contributed by atoms with van der Waals surface area (Å²) >= 11 is 0. The van der Waals surface area contributed by atoms with Crippen LogP contribution in [0.25, 0.3) is 0 Å². The van der Waals surface area contributed by atoms with E-state index in [9.17, 15) is 38.4 Å². The van der Waals surface area contributed by atoms with Gasteiger partial charge in [0.1, 0.15) is 12.1 Å². The van der Waals surface area contributed by atoms with Crippen LogP contribution in [0.15, 0.2) is 0 Å². The first-order valence-corrected chi connectivity index (χ1v) is 19.6. The van der Waals surface area contributed by atoms with Gasteiger partial charge < -0.3 is 42.1 Å². The molecule has 16 heteroatoms. The Kier molecular flexibility index (Phi) is 19.2. The molecule has 0 aliphatic rings. The van der Waals surface area contributed by atoms with Crippen LogP contribution >= 0.6 is 0 Å². The minimum Gasteiger partial charge on any atom is -0.480 e. The van der Waals surface area contributed by atoms with Crippen molar-refractivity contribution in [2.75, 3.05) is 0 Å². The van der Waals surface area contributed by atoms with E-state index in [2.05, 4.69) is 10.6 Å². The van der Waals surface area contributed by atoms with E-state index in [1.54, 1.807) is 33.0 Å². The average molecular weight is 951 g/mol. The monoisotopic (exact) mass is 950 g/mol. The third kappa shape index (κ3) is 69.5. The van der Waals surface area contributed by atoms with Crippen LogP contribution in [-0.2, 0) is 38.4 Å². The highest BCUT2D eigenvalue weighted by molar-refractivity contribution is 5.82. The van der Waals surface area contributed by atoms with Crippen LogP contribution in [0.4, 0.5) is 0 Å². The molecule has 0 spiro atoms. The zero-order valence-electron chi connectivity index (χ0n) is 71.7. The van der Waals surface area contributed by atoms with Crippen molar-refractivity contribution in [3.63, 3.8) is 0 Å². The first-order chi connectivity index (χ1) is 40.9. The summed E-state index contributed by atoms with van der Waals surface area (Å²) in [6.45, 7) is 11.5. The summed E-state index contributed by atoms with van der Waals surface area (Å²) in [5.74, 6) is -14.7. The Morgan fingerprint density at radius 3 is 1.08 bits per heavy atom. The Morgan fingerprint density at radius 1 is 0.438 bits per heavy atom. The van der Waals surface area contributed by atoms with Crippen LogP contribution in [0.1, 0.15) is 229 Å². The standard InChI is InChI=1S/2C8H15NO3.4C8H17NO/c2*1-5(2)4-7(8(11)12)9-6(3)10;4*1-6(2)5-7(3)9-8(4)10/h2*5,7H,4H2,1-3H3,(H,9,10)(H,11,12);4*6-7H,5H2,1-4H3,(H,9,10)/t6*7-/m001111/s1/i1D3,4D2,7D;1D3;1D3,5D2,6D,7D;1D3,5D2,7D;2*5D2,7D/hD3/t2*5?,7-;2*6?,7-;2m. The van der Waals surface area contributed by atoms with Gasteiger partial charge in [-0.3, -0.25) is 28.8 Å². The van der Waals surface area contributed by atoms with E-state index in [0.717, 1.165) is 62.3 Å². The van der Waals surface area contributed by atoms with E-state index < -0.39 is 166 Å². The van der Waals surface area contributed by atoms with E-state index in [1.807, 2.05) is 0 Å². The minimum atomic E-state index is -3.06. The number of carbonyl (C=O) groups excluding carboxylic acids is 6. The molecule has 0 bridgehead atoms. The lowest BCUT2D eigenvalue weighted by molar-refractivity contribution is -0.142. The van der Waals surface area contributed by atoms with Crippen LogP contribution in [0, 0.1) is 35.5 Å². The van der Waals surface area contributed by atoms with Gasteiger partial charge in [0.2, 0.25) is 35.4 Å². The molecule has 0 aromatic rings. The first kappa shape index (κ1) is 28.7. The number of hydrogen-bond acceptors (Lipinski definition) is 8. The van der Waals surface area contributed by atoms with Crippen molar-refractivity contribution in [2.24, 2.45) is 35.5 Å². The van der Waals surface area contributed by atoms with E-state index in [1.165, 1.54) is 34.6 Å². The zero-order chi connectivity index (χ0) is 79.1. The molecule has 0 saturated carbocycles. The van der Waals surface area contributed by atoms with Crippen LogP contribution in [0.5, 0.6) is 0 Å². The van der Waals surface area contributed by atoms with Crippen molar-refractivity contribution in [1.82, 2.24) is 31.9 Å². The van der Waals surface area contributed by atoms with E-state index in [-0.39, 0.29) is 28.9 Å². The van der Waals surface area contributed by atoms with Crippen LogP contribution in [-0.4, -0.2) is 93.7 Å². The van der Waals surface area contributed by atoms with Crippen LogP contribution in [0.3, 0.4) is 0 Å². The van der Waals surface area contributed by atoms with Gasteiger partial charge in [-0.05, 0) is 101 Å². The molecule has 0 aromatic heterocycles. The molecule has 0 aliphatic heterocycles. The topological polar surface area (TPSA) is 249 Å². The molecule has 16 nitrogen and oxygen atoms in total. The molecule has 64 heavy (non-hydrogen) atoms. The lowest BCUT2D eigenvalue weighted by Gasteiger charge is -2.14. The lowest BCUT2D eigenvalue weighted by atomic mass is 10.0. The molecule has 4 unspecified atom stereocenters. The predicted molar refractivity (Wildman–Crippen MR) is 260 cm³/mol. The minimum absolute atomic E-state index is 0.0472. The smallest absolute Gasteiger partial charge is 0.326 e. The summed E-state index contributed by atoms with van der Waals surface area (Å²) in [5.41, 5.74) is 0.